The standard InChI is InChI=1S/C10H10BrClN2O3/c11-6-2-1-5(3-7(6)12)14-10(17)8(13)4-9(15)16/h1-3,8H,4,13H2,(H,14,17)(H,15,16). The van der Waals surface area contributed by atoms with Crippen LogP contribution in [0.25, 0.3) is 0 Å². The number of carbonyl (C=O) groups is 2. The maximum Gasteiger partial charge on any atom is 0.305 e. The van der Waals surface area contributed by atoms with E-state index < -0.39 is 24.3 Å². The molecule has 0 aliphatic rings. The lowest BCUT2D eigenvalue weighted by atomic mass is 10.2. The highest BCUT2D eigenvalue weighted by atomic mass is 79.9. The second kappa shape index (κ2) is 6.00. The number of carboxylic acids is 1. The van der Waals surface area contributed by atoms with E-state index in [1.165, 1.54) is 6.07 Å². The molecule has 1 amide bonds. The van der Waals surface area contributed by atoms with Crippen molar-refractivity contribution >= 4 is 45.1 Å². The molecule has 92 valence electrons. The molecule has 0 fully saturated rings. The van der Waals surface area contributed by atoms with Crippen molar-refractivity contribution in [3.05, 3.63) is 27.7 Å². The Bertz CT molecular complexity index is 453. The number of carbonyl (C=O) groups excluding carboxylic acids is 1. The molecule has 1 aromatic carbocycles. The first-order valence-corrected chi connectivity index (χ1v) is 5.80. The largest absolute Gasteiger partial charge is 0.481 e. The first kappa shape index (κ1) is 14.0. The highest BCUT2D eigenvalue weighted by molar-refractivity contribution is 9.10. The molecule has 0 aliphatic heterocycles. The second-order valence-corrected chi connectivity index (χ2v) is 4.58. The van der Waals surface area contributed by atoms with E-state index in [0.717, 1.165) is 0 Å². The summed E-state index contributed by atoms with van der Waals surface area (Å²) >= 11 is 9.05. The molecule has 0 bridgehead atoms. The fourth-order valence-corrected chi connectivity index (χ4v) is 1.52. The minimum atomic E-state index is -1.12. The van der Waals surface area contributed by atoms with Gasteiger partial charge in [0.25, 0.3) is 0 Å². The van der Waals surface area contributed by atoms with Crippen LogP contribution in [0, 0.1) is 0 Å². The van der Waals surface area contributed by atoms with Gasteiger partial charge >= 0.3 is 5.97 Å². The minimum absolute atomic E-state index is 0.421. The zero-order valence-corrected chi connectivity index (χ0v) is 11.0. The van der Waals surface area contributed by atoms with Crippen molar-refractivity contribution in [3.8, 4) is 0 Å². The van der Waals surface area contributed by atoms with Crippen LogP contribution in [-0.4, -0.2) is 23.0 Å². The Morgan fingerprint density at radius 3 is 2.71 bits per heavy atom. The minimum Gasteiger partial charge on any atom is -0.481 e. The number of nitrogens with two attached hydrogens (primary N) is 1. The molecule has 0 heterocycles. The maximum absolute atomic E-state index is 11.5. The summed E-state index contributed by atoms with van der Waals surface area (Å²) in [5, 5.41) is 11.4. The smallest absolute Gasteiger partial charge is 0.305 e. The van der Waals surface area contributed by atoms with Gasteiger partial charge in [-0.2, -0.15) is 0 Å². The van der Waals surface area contributed by atoms with Gasteiger partial charge < -0.3 is 16.2 Å². The fraction of sp³-hybridized carbons (Fsp3) is 0.200. The molecule has 1 unspecified atom stereocenters. The Morgan fingerprint density at radius 2 is 2.18 bits per heavy atom. The first-order chi connectivity index (χ1) is 7.90. The average Bonchev–Trinajstić information content (AvgIpc) is 2.22. The first-order valence-electron chi connectivity index (χ1n) is 4.63. The Labute approximate surface area is 111 Å². The van der Waals surface area contributed by atoms with Crippen molar-refractivity contribution in [3.63, 3.8) is 0 Å². The van der Waals surface area contributed by atoms with Gasteiger partial charge in [-0.1, -0.05) is 11.6 Å². The predicted octanol–water partition coefficient (Wildman–Crippen LogP) is 1.84. The molecule has 0 spiro atoms. The Kier molecular flexibility index (Phi) is 4.92. The van der Waals surface area contributed by atoms with Crippen molar-refractivity contribution in [1.29, 1.82) is 0 Å². The number of benzene rings is 1. The Balaban J connectivity index is 2.67. The number of carboxylic acid groups (broad SMARTS) is 1. The van der Waals surface area contributed by atoms with Gasteiger partial charge in [0.15, 0.2) is 0 Å². The third-order valence-electron chi connectivity index (χ3n) is 1.92. The summed E-state index contributed by atoms with van der Waals surface area (Å²) in [6.07, 6.45) is -0.421. The van der Waals surface area contributed by atoms with Gasteiger partial charge in [0.2, 0.25) is 5.91 Å². The molecule has 5 nitrogen and oxygen atoms in total. The lowest BCUT2D eigenvalue weighted by Gasteiger charge is -2.10. The molecule has 0 saturated heterocycles. The zero-order valence-electron chi connectivity index (χ0n) is 8.61. The number of amides is 1. The number of hydrogen-bond donors (Lipinski definition) is 3. The van der Waals surface area contributed by atoms with Crippen LogP contribution in [0.5, 0.6) is 0 Å². The summed E-state index contributed by atoms with van der Waals surface area (Å²) in [7, 11) is 0. The van der Waals surface area contributed by atoms with Crippen LogP contribution in [0.1, 0.15) is 6.42 Å². The third-order valence-corrected chi connectivity index (χ3v) is 3.15. The summed E-state index contributed by atoms with van der Waals surface area (Å²) in [4.78, 5) is 21.9. The normalized spacial score (nSPS) is 11.9. The summed E-state index contributed by atoms with van der Waals surface area (Å²) in [6, 6.07) is 3.74. The van der Waals surface area contributed by atoms with Gasteiger partial charge in [0.1, 0.15) is 0 Å². The highest BCUT2D eigenvalue weighted by Crippen LogP contribution is 2.25. The molecule has 1 aromatic rings. The Morgan fingerprint density at radius 1 is 1.53 bits per heavy atom. The monoisotopic (exact) mass is 320 g/mol. The molecule has 0 aromatic heterocycles. The summed E-state index contributed by atoms with van der Waals surface area (Å²) in [5.74, 6) is -1.69. The van der Waals surface area contributed by atoms with E-state index in [4.69, 9.17) is 22.4 Å². The Hall–Kier alpha value is -1.11. The third kappa shape index (κ3) is 4.33. The molecule has 0 radical (unpaired) electrons. The number of rotatable bonds is 4. The molecular formula is C10H10BrClN2O3. The van der Waals surface area contributed by atoms with Crippen LogP contribution in [0.3, 0.4) is 0 Å². The fourth-order valence-electron chi connectivity index (χ4n) is 1.09. The quantitative estimate of drug-likeness (QED) is 0.789. The molecule has 0 saturated carbocycles. The van der Waals surface area contributed by atoms with E-state index in [0.29, 0.717) is 15.2 Å². The van der Waals surface area contributed by atoms with Crippen LogP contribution < -0.4 is 11.1 Å². The number of halogens is 2. The summed E-state index contributed by atoms with van der Waals surface area (Å²) in [5.41, 5.74) is 5.86. The molecular weight excluding hydrogens is 311 g/mol. The number of nitrogens with one attached hydrogen (secondary N) is 1. The summed E-state index contributed by atoms with van der Waals surface area (Å²) in [6.45, 7) is 0. The van der Waals surface area contributed by atoms with Crippen molar-refractivity contribution in [2.45, 2.75) is 12.5 Å². The van der Waals surface area contributed by atoms with E-state index in [2.05, 4.69) is 21.2 Å². The van der Waals surface area contributed by atoms with Crippen LogP contribution in [0.4, 0.5) is 5.69 Å². The van der Waals surface area contributed by atoms with E-state index in [9.17, 15) is 9.59 Å². The lowest BCUT2D eigenvalue weighted by Crippen LogP contribution is -2.37. The van der Waals surface area contributed by atoms with Crippen molar-refractivity contribution in [1.82, 2.24) is 0 Å². The van der Waals surface area contributed by atoms with Crippen LogP contribution in [-0.2, 0) is 9.59 Å². The lowest BCUT2D eigenvalue weighted by molar-refractivity contribution is -0.138. The van der Waals surface area contributed by atoms with Crippen LogP contribution in [0.2, 0.25) is 5.02 Å². The number of hydrogen-bond acceptors (Lipinski definition) is 3. The zero-order chi connectivity index (χ0) is 13.0. The van der Waals surface area contributed by atoms with Gasteiger partial charge in [-0.15, -0.1) is 0 Å². The molecule has 0 aliphatic carbocycles. The maximum atomic E-state index is 11.5. The predicted molar refractivity (Wildman–Crippen MR) is 68.0 cm³/mol. The molecule has 17 heavy (non-hydrogen) atoms. The number of anilines is 1. The van der Waals surface area contributed by atoms with Crippen molar-refractivity contribution < 1.29 is 14.7 Å². The second-order valence-electron chi connectivity index (χ2n) is 3.32. The van der Waals surface area contributed by atoms with E-state index in [1.54, 1.807) is 12.1 Å². The number of aliphatic carboxylic acids is 1. The average molecular weight is 322 g/mol. The summed E-state index contributed by atoms with van der Waals surface area (Å²) < 4.78 is 0.701. The van der Waals surface area contributed by atoms with Gasteiger partial charge in [-0.25, -0.2) is 0 Å². The van der Waals surface area contributed by atoms with E-state index in [-0.39, 0.29) is 0 Å². The van der Waals surface area contributed by atoms with Crippen molar-refractivity contribution in [2.75, 3.05) is 5.32 Å². The highest BCUT2D eigenvalue weighted by Gasteiger charge is 2.17. The van der Waals surface area contributed by atoms with Gasteiger partial charge in [0.05, 0.1) is 17.5 Å². The SMILES string of the molecule is NC(CC(=O)O)C(=O)Nc1ccc(Br)c(Cl)c1. The van der Waals surface area contributed by atoms with Crippen LogP contribution >= 0.6 is 27.5 Å². The molecule has 4 N–H and O–H groups in total. The van der Waals surface area contributed by atoms with Gasteiger partial charge in [-0.3, -0.25) is 9.59 Å². The molecule has 7 heteroatoms. The van der Waals surface area contributed by atoms with Gasteiger partial charge in [0, 0.05) is 10.2 Å². The van der Waals surface area contributed by atoms with Crippen LogP contribution in [0.15, 0.2) is 22.7 Å². The topological polar surface area (TPSA) is 92.4 Å². The molecule has 1 atom stereocenters. The molecule has 1 rings (SSSR count). The van der Waals surface area contributed by atoms with E-state index in [1.807, 2.05) is 0 Å². The van der Waals surface area contributed by atoms with Gasteiger partial charge in [-0.05, 0) is 34.1 Å². The van der Waals surface area contributed by atoms with Crippen molar-refractivity contribution in [2.24, 2.45) is 5.73 Å². The van der Waals surface area contributed by atoms with E-state index >= 15 is 0 Å².